The highest BCUT2D eigenvalue weighted by Gasteiger charge is 2.02. The normalized spacial score (nSPS) is 10.7. The van der Waals surface area contributed by atoms with Crippen LogP contribution in [0.3, 0.4) is 0 Å². The van der Waals surface area contributed by atoms with Gasteiger partial charge in [-0.3, -0.25) is 0 Å². The summed E-state index contributed by atoms with van der Waals surface area (Å²) in [5.41, 5.74) is 0.831. The molecule has 0 atom stereocenters. The van der Waals surface area contributed by atoms with Crippen LogP contribution < -0.4 is 0 Å². The molecule has 0 saturated heterocycles. The summed E-state index contributed by atoms with van der Waals surface area (Å²) in [4.78, 5) is 10.9. The zero-order valence-corrected chi connectivity index (χ0v) is 26.3. The highest BCUT2D eigenvalue weighted by atomic mass is 16.6. The Morgan fingerprint density at radius 3 is 1.74 bits per heavy atom. The molecule has 1 rings (SSSR count). The average Bonchev–Trinajstić information content (AvgIpc) is 3.39. The first kappa shape index (κ1) is 39.5. The van der Waals surface area contributed by atoms with Gasteiger partial charge in [-0.2, -0.15) is 0 Å². The molecular formula is C31H61N3O5. The number of carbonyl (C=O) groups is 1. The SMILES string of the molecule is CCC/C=C/CCC.CCCCCCCC.COCCOCCOCCOCCn1cc(CCC(C)=O)nn1. The van der Waals surface area contributed by atoms with Crippen LogP contribution in [0.4, 0.5) is 0 Å². The maximum atomic E-state index is 10.9. The summed E-state index contributed by atoms with van der Waals surface area (Å²) in [6, 6.07) is 0. The van der Waals surface area contributed by atoms with E-state index >= 15 is 0 Å². The minimum atomic E-state index is 0.159. The summed E-state index contributed by atoms with van der Waals surface area (Å²) in [5, 5.41) is 8.01. The van der Waals surface area contributed by atoms with Crippen molar-refractivity contribution in [2.75, 3.05) is 53.4 Å². The molecule has 0 N–H and O–H groups in total. The number of ketones is 1. The Bertz CT molecular complexity index is 623. The Morgan fingerprint density at radius 2 is 1.28 bits per heavy atom. The monoisotopic (exact) mass is 555 g/mol. The van der Waals surface area contributed by atoms with E-state index in [1.165, 1.54) is 64.2 Å². The van der Waals surface area contributed by atoms with Crippen molar-refractivity contribution in [1.29, 1.82) is 0 Å². The van der Waals surface area contributed by atoms with Crippen LogP contribution in [-0.2, 0) is 36.7 Å². The third-order valence-electron chi connectivity index (χ3n) is 5.49. The Hall–Kier alpha value is -1.61. The van der Waals surface area contributed by atoms with Gasteiger partial charge in [-0.1, -0.05) is 96.4 Å². The Kier molecular flexibility index (Phi) is 34.9. The molecule has 0 aliphatic rings. The lowest BCUT2D eigenvalue weighted by Gasteiger charge is -2.06. The van der Waals surface area contributed by atoms with Crippen molar-refractivity contribution in [2.45, 2.75) is 118 Å². The van der Waals surface area contributed by atoms with Crippen molar-refractivity contribution in [3.8, 4) is 0 Å². The number of aromatic nitrogens is 3. The summed E-state index contributed by atoms with van der Waals surface area (Å²) < 4.78 is 22.7. The molecule has 0 aliphatic heterocycles. The highest BCUT2D eigenvalue weighted by molar-refractivity contribution is 5.75. The molecule has 39 heavy (non-hydrogen) atoms. The molecule has 0 aliphatic carbocycles. The largest absolute Gasteiger partial charge is 0.382 e. The van der Waals surface area contributed by atoms with E-state index in [1.54, 1.807) is 18.7 Å². The van der Waals surface area contributed by atoms with Crippen molar-refractivity contribution < 1.29 is 23.7 Å². The van der Waals surface area contributed by atoms with Gasteiger partial charge < -0.3 is 23.7 Å². The molecule has 0 amide bonds. The summed E-state index contributed by atoms with van der Waals surface area (Å²) in [7, 11) is 1.64. The maximum Gasteiger partial charge on any atom is 0.130 e. The van der Waals surface area contributed by atoms with Crippen LogP contribution in [-0.4, -0.2) is 74.1 Å². The number of methoxy groups -OCH3 is 1. The number of ether oxygens (including phenoxy) is 4. The topological polar surface area (TPSA) is 84.7 Å². The van der Waals surface area contributed by atoms with E-state index < -0.39 is 0 Å². The molecule has 1 aromatic rings. The number of aryl methyl sites for hydroxylation is 1. The first-order valence-corrected chi connectivity index (χ1v) is 15.3. The molecule has 0 saturated carbocycles. The minimum Gasteiger partial charge on any atom is -0.382 e. The van der Waals surface area contributed by atoms with Gasteiger partial charge >= 0.3 is 0 Å². The second kappa shape index (κ2) is 34.4. The molecule has 0 bridgehead atoms. The van der Waals surface area contributed by atoms with Gasteiger partial charge in [0.15, 0.2) is 0 Å². The second-order valence-corrected chi connectivity index (χ2v) is 9.47. The average molecular weight is 556 g/mol. The third-order valence-corrected chi connectivity index (χ3v) is 5.49. The lowest BCUT2D eigenvalue weighted by Crippen LogP contribution is -2.13. The van der Waals surface area contributed by atoms with Crippen LogP contribution >= 0.6 is 0 Å². The maximum absolute atomic E-state index is 10.9. The van der Waals surface area contributed by atoms with Crippen molar-refractivity contribution in [3.63, 3.8) is 0 Å². The van der Waals surface area contributed by atoms with E-state index in [4.69, 9.17) is 18.9 Å². The molecule has 0 unspecified atom stereocenters. The molecule has 8 nitrogen and oxygen atoms in total. The van der Waals surface area contributed by atoms with E-state index in [9.17, 15) is 4.79 Å². The zero-order valence-electron chi connectivity index (χ0n) is 26.3. The fourth-order valence-corrected chi connectivity index (χ4v) is 3.13. The van der Waals surface area contributed by atoms with E-state index in [0.717, 1.165) is 5.69 Å². The summed E-state index contributed by atoms with van der Waals surface area (Å²) in [6.07, 6.45) is 21.1. The third kappa shape index (κ3) is 34.4. The Balaban J connectivity index is 0. The molecular weight excluding hydrogens is 494 g/mol. The molecule has 0 fully saturated rings. The predicted octanol–water partition coefficient (Wildman–Crippen LogP) is 7.01. The van der Waals surface area contributed by atoms with Crippen molar-refractivity contribution in [3.05, 3.63) is 24.0 Å². The van der Waals surface area contributed by atoms with Gasteiger partial charge in [0, 0.05) is 19.7 Å². The minimum absolute atomic E-state index is 0.159. The molecule has 230 valence electrons. The first-order chi connectivity index (χ1) is 19.0. The molecule has 0 spiro atoms. The number of hydrogen-bond donors (Lipinski definition) is 0. The predicted molar refractivity (Wildman–Crippen MR) is 161 cm³/mol. The van der Waals surface area contributed by atoms with Gasteiger partial charge in [0.1, 0.15) is 5.78 Å². The number of nitrogens with zero attached hydrogens (tertiary/aromatic N) is 3. The zero-order chi connectivity index (χ0) is 29.2. The summed E-state index contributed by atoms with van der Waals surface area (Å²) in [6.45, 7) is 15.0. The van der Waals surface area contributed by atoms with E-state index in [2.05, 4.69) is 50.2 Å². The van der Waals surface area contributed by atoms with Crippen LogP contribution in [0.15, 0.2) is 18.3 Å². The van der Waals surface area contributed by atoms with Gasteiger partial charge in [-0.05, 0) is 26.2 Å². The standard InChI is InChI=1S/C15H27N3O5.C8H18.C8H16/c1-14(19)3-4-15-13-18(17-16-15)5-6-21-9-10-23-12-11-22-8-7-20-2;2*1-3-5-7-8-6-4-2/h13H,3-12H2,1-2H3;3-8H2,1-2H3;7-8H,3-6H2,1-2H3/b;;8-7+. The van der Waals surface area contributed by atoms with Gasteiger partial charge in [-0.25, -0.2) is 4.68 Å². The van der Waals surface area contributed by atoms with Crippen LogP contribution in [0.2, 0.25) is 0 Å². The van der Waals surface area contributed by atoms with Crippen molar-refractivity contribution in [2.24, 2.45) is 0 Å². The smallest absolute Gasteiger partial charge is 0.130 e. The fourth-order valence-electron chi connectivity index (χ4n) is 3.13. The Labute approximate surface area is 240 Å². The Morgan fingerprint density at radius 1 is 0.769 bits per heavy atom. The second-order valence-electron chi connectivity index (χ2n) is 9.47. The first-order valence-electron chi connectivity index (χ1n) is 15.3. The van der Waals surface area contributed by atoms with Crippen molar-refractivity contribution >= 4 is 5.78 Å². The van der Waals surface area contributed by atoms with Crippen LogP contribution in [0.5, 0.6) is 0 Å². The van der Waals surface area contributed by atoms with Crippen LogP contribution in [0, 0.1) is 0 Å². The van der Waals surface area contributed by atoms with E-state index in [0.29, 0.717) is 65.6 Å². The number of Topliss-reactive ketones (excluding diaryl/α,β-unsaturated/α-hetero) is 1. The number of allylic oxidation sites excluding steroid dienone is 2. The van der Waals surface area contributed by atoms with Crippen molar-refractivity contribution in [1.82, 2.24) is 15.0 Å². The van der Waals surface area contributed by atoms with Gasteiger partial charge in [-0.15, -0.1) is 5.10 Å². The summed E-state index contributed by atoms with van der Waals surface area (Å²) >= 11 is 0. The quantitative estimate of drug-likeness (QED) is 0.100. The lowest BCUT2D eigenvalue weighted by atomic mass is 10.1. The van der Waals surface area contributed by atoms with E-state index in [-0.39, 0.29) is 5.78 Å². The number of rotatable bonds is 24. The fraction of sp³-hybridized carbons (Fsp3) is 0.839. The molecule has 8 heteroatoms. The number of carbonyl (C=O) groups excluding carboxylic acids is 1. The molecule has 0 aromatic carbocycles. The number of unbranched alkanes of at least 4 members (excludes halogenated alkanes) is 7. The van der Waals surface area contributed by atoms with Gasteiger partial charge in [0.05, 0.1) is 58.5 Å². The number of hydrogen-bond acceptors (Lipinski definition) is 7. The summed E-state index contributed by atoms with van der Waals surface area (Å²) in [5.74, 6) is 0.159. The lowest BCUT2D eigenvalue weighted by molar-refractivity contribution is -0.117. The van der Waals surface area contributed by atoms with Gasteiger partial charge in [0.25, 0.3) is 0 Å². The van der Waals surface area contributed by atoms with Crippen LogP contribution in [0.25, 0.3) is 0 Å². The van der Waals surface area contributed by atoms with Crippen LogP contribution in [0.1, 0.15) is 111 Å². The highest BCUT2D eigenvalue weighted by Crippen LogP contribution is 2.03. The molecule has 0 radical (unpaired) electrons. The molecule has 1 heterocycles. The molecule has 1 aromatic heterocycles. The van der Waals surface area contributed by atoms with E-state index in [1.807, 2.05) is 6.20 Å². The van der Waals surface area contributed by atoms with Gasteiger partial charge in [0.2, 0.25) is 0 Å².